The Labute approximate surface area is 151 Å². The second-order valence-electron chi connectivity index (χ2n) is 5.95. The molecule has 1 saturated heterocycles. The Balaban J connectivity index is 1.64. The van der Waals surface area contributed by atoms with Crippen molar-refractivity contribution in [1.29, 1.82) is 0 Å². The number of benzene rings is 1. The molecule has 1 amide bonds. The maximum atomic E-state index is 12.9. The van der Waals surface area contributed by atoms with E-state index in [0.717, 1.165) is 12.8 Å². The number of carbonyl (C=O) groups is 1. The Morgan fingerprint density at radius 3 is 2.92 bits per heavy atom. The largest absolute Gasteiger partial charge is 0.496 e. The minimum Gasteiger partial charge on any atom is -0.496 e. The minimum atomic E-state index is -0.0694. The molecule has 1 aromatic heterocycles. The summed E-state index contributed by atoms with van der Waals surface area (Å²) in [5, 5.41) is 0.516. The highest BCUT2D eigenvalue weighted by Crippen LogP contribution is 2.26. The number of amides is 1. The molecule has 0 aliphatic carbocycles. The lowest BCUT2D eigenvalue weighted by Gasteiger charge is -2.32. The maximum absolute atomic E-state index is 12.9. The number of ether oxygens (including phenoxy) is 2. The zero-order valence-electron chi connectivity index (χ0n) is 14.0. The summed E-state index contributed by atoms with van der Waals surface area (Å²) in [5.41, 5.74) is 0.489. The lowest BCUT2D eigenvalue weighted by Crippen LogP contribution is -2.41. The van der Waals surface area contributed by atoms with Gasteiger partial charge in [0.15, 0.2) is 0 Å². The van der Waals surface area contributed by atoms with Crippen LogP contribution in [0.3, 0.4) is 0 Å². The topological polar surface area (TPSA) is 64.5 Å². The highest BCUT2D eigenvalue weighted by Gasteiger charge is 2.27. The van der Waals surface area contributed by atoms with E-state index >= 15 is 0 Å². The molecule has 0 radical (unpaired) electrons. The molecule has 6 nitrogen and oxygen atoms in total. The van der Waals surface area contributed by atoms with E-state index in [9.17, 15) is 4.79 Å². The van der Waals surface area contributed by atoms with E-state index in [1.165, 1.54) is 0 Å². The third kappa shape index (κ3) is 4.39. The normalized spacial score (nSPS) is 17.2. The average molecular weight is 362 g/mol. The molecule has 132 valence electrons. The van der Waals surface area contributed by atoms with E-state index < -0.39 is 0 Å². The summed E-state index contributed by atoms with van der Waals surface area (Å²) in [4.78, 5) is 22.8. The van der Waals surface area contributed by atoms with Crippen LogP contribution in [0.5, 0.6) is 11.8 Å². The number of methoxy groups -OCH3 is 1. The van der Waals surface area contributed by atoms with Gasteiger partial charge in [-0.1, -0.05) is 11.6 Å². The van der Waals surface area contributed by atoms with Gasteiger partial charge in [-0.05, 0) is 37.1 Å². The molecule has 1 fully saturated rings. The molecule has 1 atom stereocenters. The van der Waals surface area contributed by atoms with Crippen molar-refractivity contribution in [1.82, 2.24) is 14.9 Å². The summed E-state index contributed by atoms with van der Waals surface area (Å²) < 4.78 is 10.9. The predicted octanol–water partition coefficient (Wildman–Crippen LogP) is 3.07. The zero-order valence-corrected chi connectivity index (χ0v) is 14.8. The first-order chi connectivity index (χ1) is 12.2. The van der Waals surface area contributed by atoms with Gasteiger partial charge in [0.05, 0.1) is 19.3 Å². The van der Waals surface area contributed by atoms with Crippen LogP contribution in [0.2, 0.25) is 5.02 Å². The van der Waals surface area contributed by atoms with Crippen LogP contribution in [0.25, 0.3) is 0 Å². The number of hydrogen-bond donors (Lipinski definition) is 0. The van der Waals surface area contributed by atoms with Gasteiger partial charge >= 0.3 is 6.01 Å². The molecule has 0 saturated carbocycles. The number of piperidine rings is 1. The summed E-state index contributed by atoms with van der Waals surface area (Å²) in [6.45, 7) is 1.83. The smallest absolute Gasteiger partial charge is 0.316 e. The van der Waals surface area contributed by atoms with Crippen molar-refractivity contribution < 1.29 is 14.3 Å². The number of rotatable bonds is 5. The molecule has 2 aromatic rings. The molecular weight excluding hydrogens is 342 g/mol. The molecule has 0 N–H and O–H groups in total. The first-order valence-electron chi connectivity index (χ1n) is 8.20. The second kappa shape index (κ2) is 8.16. The lowest BCUT2D eigenvalue weighted by molar-refractivity contribution is 0.0625. The molecule has 1 unspecified atom stereocenters. The Hall–Kier alpha value is -2.34. The van der Waals surface area contributed by atoms with Crippen molar-refractivity contribution in [3.8, 4) is 11.8 Å². The van der Waals surface area contributed by atoms with Crippen molar-refractivity contribution in [2.45, 2.75) is 12.8 Å². The van der Waals surface area contributed by atoms with Crippen LogP contribution >= 0.6 is 11.6 Å². The summed E-state index contributed by atoms with van der Waals surface area (Å²) in [7, 11) is 1.55. The molecule has 0 bridgehead atoms. The molecule has 2 heterocycles. The third-order valence-electron chi connectivity index (χ3n) is 4.19. The first kappa shape index (κ1) is 17.5. The zero-order chi connectivity index (χ0) is 17.6. The van der Waals surface area contributed by atoms with Crippen LogP contribution in [-0.4, -0.2) is 47.6 Å². The van der Waals surface area contributed by atoms with Gasteiger partial charge in [0.1, 0.15) is 5.75 Å². The van der Waals surface area contributed by atoms with Gasteiger partial charge in [0.25, 0.3) is 5.91 Å². The molecule has 7 heteroatoms. The number of hydrogen-bond acceptors (Lipinski definition) is 5. The third-order valence-corrected chi connectivity index (χ3v) is 4.42. The van der Waals surface area contributed by atoms with Gasteiger partial charge in [-0.2, -0.15) is 0 Å². The highest BCUT2D eigenvalue weighted by atomic mass is 35.5. The van der Waals surface area contributed by atoms with Crippen molar-refractivity contribution >= 4 is 17.5 Å². The van der Waals surface area contributed by atoms with Crippen LogP contribution in [0.4, 0.5) is 0 Å². The summed E-state index contributed by atoms with van der Waals surface area (Å²) in [6.07, 6.45) is 5.22. The quantitative estimate of drug-likeness (QED) is 0.818. The minimum absolute atomic E-state index is 0.0694. The average Bonchev–Trinajstić information content (AvgIpc) is 2.67. The van der Waals surface area contributed by atoms with Crippen LogP contribution in [0.15, 0.2) is 36.7 Å². The number of aromatic nitrogens is 2. The molecule has 3 rings (SSSR count). The molecule has 1 aliphatic rings. The van der Waals surface area contributed by atoms with Gasteiger partial charge in [-0.15, -0.1) is 0 Å². The van der Waals surface area contributed by atoms with Crippen molar-refractivity contribution in [2.75, 3.05) is 26.8 Å². The second-order valence-corrected chi connectivity index (χ2v) is 6.38. The van der Waals surface area contributed by atoms with E-state index in [1.807, 2.05) is 4.90 Å². The van der Waals surface area contributed by atoms with E-state index in [1.54, 1.807) is 43.8 Å². The van der Waals surface area contributed by atoms with Gasteiger partial charge in [-0.25, -0.2) is 9.97 Å². The fourth-order valence-electron chi connectivity index (χ4n) is 2.96. The van der Waals surface area contributed by atoms with E-state index in [-0.39, 0.29) is 11.8 Å². The summed E-state index contributed by atoms with van der Waals surface area (Å²) in [5.74, 6) is 0.706. The lowest BCUT2D eigenvalue weighted by atomic mass is 9.98. The first-order valence-corrected chi connectivity index (χ1v) is 8.58. The van der Waals surface area contributed by atoms with Gasteiger partial charge < -0.3 is 14.4 Å². The SMILES string of the molecule is COc1ccc(Cl)cc1C(=O)N1CCCC(COc2ncccn2)C1. The maximum Gasteiger partial charge on any atom is 0.316 e. The highest BCUT2D eigenvalue weighted by molar-refractivity contribution is 6.31. The Morgan fingerprint density at radius 1 is 1.36 bits per heavy atom. The monoisotopic (exact) mass is 361 g/mol. The molecule has 1 aliphatic heterocycles. The number of nitrogens with zero attached hydrogens (tertiary/aromatic N) is 3. The number of likely N-dealkylation sites (tertiary alicyclic amines) is 1. The Kier molecular flexibility index (Phi) is 5.71. The van der Waals surface area contributed by atoms with E-state index in [4.69, 9.17) is 21.1 Å². The van der Waals surface area contributed by atoms with Crippen molar-refractivity contribution in [3.63, 3.8) is 0 Å². The molecule has 0 spiro atoms. The van der Waals surface area contributed by atoms with Crippen LogP contribution in [0.1, 0.15) is 23.2 Å². The fourth-order valence-corrected chi connectivity index (χ4v) is 3.13. The molecular formula is C18H20ClN3O3. The van der Waals surface area contributed by atoms with E-state index in [2.05, 4.69) is 9.97 Å². The summed E-state index contributed by atoms with van der Waals surface area (Å²) in [6, 6.07) is 7.19. The molecule has 25 heavy (non-hydrogen) atoms. The number of carbonyl (C=O) groups excluding carboxylic acids is 1. The fraction of sp³-hybridized carbons (Fsp3) is 0.389. The van der Waals surface area contributed by atoms with Gasteiger partial charge in [0.2, 0.25) is 0 Å². The van der Waals surface area contributed by atoms with Crippen molar-refractivity contribution in [3.05, 3.63) is 47.2 Å². The number of halogens is 1. The predicted molar refractivity (Wildman–Crippen MR) is 94.2 cm³/mol. The van der Waals surface area contributed by atoms with Crippen LogP contribution < -0.4 is 9.47 Å². The van der Waals surface area contributed by atoms with Crippen molar-refractivity contribution in [2.24, 2.45) is 5.92 Å². The molecule has 1 aromatic carbocycles. The van der Waals surface area contributed by atoms with Gasteiger partial charge in [-0.3, -0.25) is 4.79 Å². The standard InChI is InChI=1S/C18H20ClN3O3/c1-24-16-6-5-14(19)10-15(16)17(23)22-9-2-4-13(11-22)12-25-18-20-7-3-8-21-18/h3,5-8,10,13H,2,4,9,11-12H2,1H3. The van der Waals surface area contributed by atoms with Crippen LogP contribution in [-0.2, 0) is 0 Å². The van der Waals surface area contributed by atoms with Crippen LogP contribution in [0, 0.1) is 5.92 Å². The van der Waals surface area contributed by atoms with Gasteiger partial charge in [0, 0.05) is 36.4 Å². The summed E-state index contributed by atoms with van der Waals surface area (Å²) >= 11 is 6.04. The Morgan fingerprint density at radius 2 is 2.16 bits per heavy atom. The Bertz CT molecular complexity index is 727. The van der Waals surface area contributed by atoms with E-state index in [0.29, 0.717) is 42.0 Å².